The lowest BCUT2D eigenvalue weighted by Gasteiger charge is -2.23. The van der Waals surface area contributed by atoms with Gasteiger partial charge < -0.3 is 9.67 Å². The van der Waals surface area contributed by atoms with Gasteiger partial charge in [-0.3, -0.25) is 0 Å². The van der Waals surface area contributed by atoms with Crippen LogP contribution in [0.1, 0.15) is 49.2 Å². The molecule has 1 fully saturated rings. The summed E-state index contributed by atoms with van der Waals surface area (Å²) in [6.45, 7) is 0.131. The second-order valence-electron chi connectivity index (χ2n) is 5.67. The molecule has 2 aliphatic rings. The summed E-state index contributed by atoms with van der Waals surface area (Å²) in [5.41, 5.74) is 0.902. The summed E-state index contributed by atoms with van der Waals surface area (Å²) in [5, 5.41) is 9.40. The maximum Gasteiger partial charge on any atom is 0.150 e. The van der Waals surface area contributed by atoms with E-state index in [2.05, 4.69) is 9.55 Å². The van der Waals surface area contributed by atoms with Crippen molar-refractivity contribution in [1.29, 1.82) is 0 Å². The second-order valence-corrected chi connectivity index (χ2v) is 7.90. The highest BCUT2D eigenvalue weighted by molar-refractivity contribution is 7.91. The number of fused-ring (bicyclic) bond motifs is 1. The number of aliphatic hydroxyl groups excluding tert-OH is 1. The van der Waals surface area contributed by atoms with E-state index in [0.717, 1.165) is 43.6 Å². The molecule has 1 N–H and O–H groups in total. The van der Waals surface area contributed by atoms with Crippen LogP contribution in [0.2, 0.25) is 0 Å². The first-order valence-electron chi connectivity index (χ1n) is 6.98. The standard InChI is InChI=1S/C13H20N2O3S/c16-8-11-4-1-5-13-14-12(7-15(11)13)10-3-2-6-19(17,18)9-10/h7,10-11,16H,1-6,8-9H2. The molecule has 0 spiro atoms. The number of hydrogen-bond donors (Lipinski definition) is 1. The Balaban J connectivity index is 1.88. The summed E-state index contributed by atoms with van der Waals surface area (Å²) in [6.07, 6.45) is 6.56. The zero-order chi connectivity index (χ0) is 13.5. The number of nitrogens with zero attached hydrogens (tertiary/aromatic N) is 2. The molecule has 1 aromatic rings. The van der Waals surface area contributed by atoms with E-state index in [0.29, 0.717) is 5.75 Å². The molecule has 0 aromatic carbocycles. The Morgan fingerprint density at radius 3 is 2.95 bits per heavy atom. The molecule has 1 saturated heterocycles. The van der Waals surface area contributed by atoms with Crippen LogP contribution in [0.4, 0.5) is 0 Å². The highest BCUT2D eigenvalue weighted by atomic mass is 32.2. The van der Waals surface area contributed by atoms with Crippen molar-refractivity contribution in [2.45, 2.75) is 44.1 Å². The molecule has 2 aliphatic heterocycles. The van der Waals surface area contributed by atoms with E-state index < -0.39 is 9.84 Å². The normalized spacial score (nSPS) is 29.9. The molecule has 1 aromatic heterocycles. The minimum atomic E-state index is -2.90. The van der Waals surface area contributed by atoms with E-state index >= 15 is 0 Å². The fourth-order valence-corrected chi connectivity index (χ4v) is 4.94. The summed E-state index contributed by atoms with van der Waals surface area (Å²) in [5.74, 6) is 1.59. The van der Waals surface area contributed by atoms with Gasteiger partial charge in [-0.15, -0.1) is 0 Å². The van der Waals surface area contributed by atoms with Gasteiger partial charge in [0.25, 0.3) is 0 Å². The second kappa shape index (κ2) is 4.90. The summed E-state index contributed by atoms with van der Waals surface area (Å²) in [6, 6.07) is 0.116. The molecule has 2 unspecified atom stereocenters. The molecule has 0 radical (unpaired) electrons. The van der Waals surface area contributed by atoms with Crippen LogP contribution in [-0.4, -0.2) is 41.2 Å². The van der Waals surface area contributed by atoms with Gasteiger partial charge in [0.1, 0.15) is 5.82 Å². The van der Waals surface area contributed by atoms with Gasteiger partial charge in [0.15, 0.2) is 9.84 Å². The van der Waals surface area contributed by atoms with Crippen LogP contribution in [0.15, 0.2) is 6.20 Å². The molecule has 19 heavy (non-hydrogen) atoms. The highest BCUT2D eigenvalue weighted by Crippen LogP contribution is 2.31. The summed E-state index contributed by atoms with van der Waals surface area (Å²) >= 11 is 0. The molecule has 5 nitrogen and oxygen atoms in total. The highest BCUT2D eigenvalue weighted by Gasteiger charge is 2.29. The minimum absolute atomic E-state index is 0.0381. The first kappa shape index (κ1) is 13.1. The maximum absolute atomic E-state index is 11.7. The van der Waals surface area contributed by atoms with Crippen LogP contribution in [0, 0.1) is 0 Å². The van der Waals surface area contributed by atoms with Crippen molar-refractivity contribution in [1.82, 2.24) is 9.55 Å². The molecular weight excluding hydrogens is 264 g/mol. The number of imidazole rings is 1. The summed E-state index contributed by atoms with van der Waals surface area (Å²) < 4.78 is 25.5. The van der Waals surface area contributed by atoms with Crippen LogP contribution in [0.25, 0.3) is 0 Å². The van der Waals surface area contributed by atoms with Crippen LogP contribution >= 0.6 is 0 Å². The SMILES string of the molecule is O=S1(=O)CCCC(c2cn3c(n2)CCCC3CO)C1. The van der Waals surface area contributed by atoms with Gasteiger partial charge in [0.2, 0.25) is 0 Å². The molecule has 0 bridgehead atoms. The lowest BCUT2D eigenvalue weighted by molar-refractivity contribution is 0.206. The van der Waals surface area contributed by atoms with E-state index in [1.54, 1.807) is 0 Å². The number of sulfone groups is 1. The van der Waals surface area contributed by atoms with Crippen molar-refractivity contribution in [3.63, 3.8) is 0 Å². The molecule has 2 atom stereocenters. The maximum atomic E-state index is 11.7. The van der Waals surface area contributed by atoms with Gasteiger partial charge >= 0.3 is 0 Å². The van der Waals surface area contributed by atoms with E-state index in [1.165, 1.54) is 0 Å². The number of hydrogen-bond acceptors (Lipinski definition) is 4. The van der Waals surface area contributed by atoms with Crippen LogP contribution in [0.3, 0.4) is 0 Å². The van der Waals surface area contributed by atoms with E-state index in [4.69, 9.17) is 0 Å². The Labute approximate surface area is 113 Å². The first-order valence-corrected chi connectivity index (χ1v) is 8.80. The monoisotopic (exact) mass is 284 g/mol. The lowest BCUT2D eigenvalue weighted by atomic mass is 10.0. The largest absolute Gasteiger partial charge is 0.394 e. The minimum Gasteiger partial charge on any atom is -0.394 e. The topological polar surface area (TPSA) is 72.2 Å². The van der Waals surface area contributed by atoms with Crippen LogP contribution in [-0.2, 0) is 16.3 Å². The molecule has 6 heteroatoms. The van der Waals surface area contributed by atoms with Gasteiger partial charge in [-0.1, -0.05) is 0 Å². The number of aliphatic hydroxyl groups is 1. The Morgan fingerprint density at radius 1 is 1.37 bits per heavy atom. The Hall–Kier alpha value is -0.880. The quantitative estimate of drug-likeness (QED) is 0.881. The third kappa shape index (κ3) is 2.56. The predicted molar refractivity (Wildman–Crippen MR) is 71.9 cm³/mol. The fourth-order valence-electron chi connectivity index (χ4n) is 3.22. The number of aryl methyl sites for hydroxylation is 1. The molecular formula is C13H20N2O3S. The lowest BCUT2D eigenvalue weighted by Crippen LogP contribution is -2.23. The van der Waals surface area contributed by atoms with Gasteiger partial charge in [-0.25, -0.2) is 13.4 Å². The third-order valence-corrected chi connectivity index (χ3v) is 6.07. The van der Waals surface area contributed by atoms with Crippen molar-refractivity contribution in [2.24, 2.45) is 0 Å². The fraction of sp³-hybridized carbons (Fsp3) is 0.769. The van der Waals surface area contributed by atoms with Gasteiger partial charge in [-0.2, -0.15) is 0 Å². The molecule has 3 rings (SSSR count). The average molecular weight is 284 g/mol. The third-order valence-electron chi connectivity index (χ3n) is 4.25. The first-order chi connectivity index (χ1) is 9.09. The van der Waals surface area contributed by atoms with Gasteiger partial charge in [0.05, 0.1) is 29.8 Å². The van der Waals surface area contributed by atoms with Crippen LogP contribution in [0.5, 0.6) is 0 Å². The smallest absolute Gasteiger partial charge is 0.150 e. The zero-order valence-electron chi connectivity index (χ0n) is 11.0. The zero-order valence-corrected chi connectivity index (χ0v) is 11.8. The Kier molecular flexibility index (Phi) is 3.39. The van der Waals surface area contributed by atoms with Crippen molar-refractivity contribution in [2.75, 3.05) is 18.1 Å². The summed E-state index contributed by atoms with van der Waals surface area (Å²) in [4.78, 5) is 4.63. The average Bonchev–Trinajstić information content (AvgIpc) is 2.81. The van der Waals surface area contributed by atoms with Crippen molar-refractivity contribution in [3.05, 3.63) is 17.7 Å². The van der Waals surface area contributed by atoms with Crippen molar-refractivity contribution < 1.29 is 13.5 Å². The van der Waals surface area contributed by atoms with E-state index in [1.807, 2.05) is 6.20 Å². The van der Waals surface area contributed by atoms with Crippen LogP contribution < -0.4 is 0 Å². The molecule has 106 valence electrons. The molecule has 0 aliphatic carbocycles. The number of rotatable bonds is 2. The summed E-state index contributed by atoms with van der Waals surface area (Å²) in [7, 11) is -2.90. The number of aromatic nitrogens is 2. The van der Waals surface area contributed by atoms with E-state index in [-0.39, 0.29) is 24.3 Å². The van der Waals surface area contributed by atoms with Crippen molar-refractivity contribution >= 4 is 9.84 Å². The van der Waals surface area contributed by atoms with Gasteiger partial charge in [0, 0.05) is 18.5 Å². The Morgan fingerprint density at radius 2 is 2.21 bits per heavy atom. The molecule has 3 heterocycles. The molecule has 0 saturated carbocycles. The predicted octanol–water partition coefficient (Wildman–Crippen LogP) is 1.05. The van der Waals surface area contributed by atoms with Crippen molar-refractivity contribution in [3.8, 4) is 0 Å². The molecule has 0 amide bonds. The van der Waals surface area contributed by atoms with E-state index in [9.17, 15) is 13.5 Å². The van der Waals surface area contributed by atoms with Gasteiger partial charge in [-0.05, 0) is 25.7 Å². The Bertz CT molecular complexity index is 564.